The molecule has 0 bridgehead atoms. The molecule has 3 nitrogen and oxygen atoms in total. The van der Waals surface area contributed by atoms with Gasteiger partial charge in [0.1, 0.15) is 5.82 Å². The van der Waals surface area contributed by atoms with E-state index in [1.807, 2.05) is 0 Å². The topological polar surface area (TPSA) is 35.5 Å². The number of benzene rings is 1. The van der Waals surface area contributed by atoms with Gasteiger partial charge in [0.15, 0.2) is 0 Å². The van der Waals surface area contributed by atoms with Crippen molar-refractivity contribution in [3.8, 4) is 0 Å². The van der Waals surface area contributed by atoms with E-state index in [0.717, 1.165) is 26.2 Å². The fourth-order valence-corrected chi connectivity index (χ4v) is 2.58. The number of nitrogens with one attached hydrogen (secondary N) is 1. The Balaban J connectivity index is 0.00000180. The lowest BCUT2D eigenvalue weighted by atomic mass is 10.0. The first-order valence-electron chi connectivity index (χ1n) is 6.23. The molecule has 19 heavy (non-hydrogen) atoms. The van der Waals surface area contributed by atoms with Gasteiger partial charge in [0.2, 0.25) is 0 Å². The minimum Gasteiger partial charge on any atom is -0.396 e. The molecular formula is C13H19Cl2FN2O. The smallest absolute Gasteiger partial charge is 0.129 e. The van der Waals surface area contributed by atoms with Crippen LogP contribution in [0.3, 0.4) is 0 Å². The van der Waals surface area contributed by atoms with Gasteiger partial charge in [0.25, 0.3) is 0 Å². The van der Waals surface area contributed by atoms with Crippen molar-refractivity contribution in [3.63, 3.8) is 0 Å². The van der Waals surface area contributed by atoms with Gasteiger partial charge >= 0.3 is 0 Å². The third kappa shape index (κ3) is 4.29. The van der Waals surface area contributed by atoms with E-state index in [1.54, 1.807) is 12.1 Å². The monoisotopic (exact) mass is 308 g/mol. The molecule has 2 N–H and O–H groups in total. The Bertz CT molecular complexity index is 400. The van der Waals surface area contributed by atoms with Gasteiger partial charge in [-0.2, -0.15) is 0 Å². The van der Waals surface area contributed by atoms with Crippen LogP contribution >= 0.6 is 24.0 Å². The number of piperazine rings is 1. The van der Waals surface area contributed by atoms with E-state index in [-0.39, 0.29) is 30.9 Å². The van der Waals surface area contributed by atoms with E-state index in [9.17, 15) is 9.50 Å². The van der Waals surface area contributed by atoms with Gasteiger partial charge in [-0.25, -0.2) is 4.39 Å². The third-order valence-corrected chi connectivity index (χ3v) is 3.55. The Labute approximate surface area is 124 Å². The Morgan fingerprint density at radius 1 is 1.37 bits per heavy atom. The van der Waals surface area contributed by atoms with Gasteiger partial charge in [-0.1, -0.05) is 17.7 Å². The van der Waals surface area contributed by atoms with Crippen LogP contribution in [-0.4, -0.2) is 42.8 Å². The van der Waals surface area contributed by atoms with Crippen LogP contribution in [0.15, 0.2) is 18.2 Å². The quantitative estimate of drug-likeness (QED) is 0.895. The molecular weight excluding hydrogens is 290 g/mol. The van der Waals surface area contributed by atoms with Gasteiger partial charge in [0.05, 0.1) is 0 Å². The molecule has 0 aliphatic carbocycles. The maximum atomic E-state index is 14.0. The highest BCUT2D eigenvalue weighted by Gasteiger charge is 2.24. The van der Waals surface area contributed by atoms with E-state index < -0.39 is 0 Å². The molecule has 0 aromatic heterocycles. The molecule has 1 aromatic carbocycles. The van der Waals surface area contributed by atoms with Gasteiger partial charge in [-0.05, 0) is 18.6 Å². The SMILES string of the molecule is Cl.OCC[C@H](c1ccc(Cl)cc1F)N1CCNCC1. The van der Waals surface area contributed by atoms with E-state index in [1.165, 1.54) is 6.07 Å². The molecule has 1 aliphatic heterocycles. The molecule has 0 amide bonds. The summed E-state index contributed by atoms with van der Waals surface area (Å²) in [6.07, 6.45) is 0.540. The van der Waals surface area contributed by atoms with Crippen LogP contribution in [0, 0.1) is 5.82 Å². The molecule has 0 radical (unpaired) electrons. The summed E-state index contributed by atoms with van der Waals surface area (Å²) in [6.45, 7) is 3.59. The molecule has 1 aromatic rings. The lowest BCUT2D eigenvalue weighted by molar-refractivity contribution is 0.138. The zero-order valence-electron chi connectivity index (χ0n) is 10.6. The summed E-state index contributed by atoms with van der Waals surface area (Å²) < 4.78 is 14.0. The van der Waals surface area contributed by atoms with Crippen molar-refractivity contribution >= 4 is 24.0 Å². The Kier molecular flexibility index (Phi) is 7.04. The highest BCUT2D eigenvalue weighted by molar-refractivity contribution is 6.30. The average Bonchev–Trinajstić information content (AvgIpc) is 2.38. The molecule has 1 atom stereocenters. The second kappa shape index (κ2) is 8.02. The van der Waals surface area contributed by atoms with Crippen molar-refractivity contribution in [1.29, 1.82) is 0 Å². The molecule has 1 saturated heterocycles. The van der Waals surface area contributed by atoms with Crippen LogP contribution in [0.2, 0.25) is 5.02 Å². The predicted octanol–water partition coefficient (Wildman–Crippen LogP) is 2.23. The standard InChI is InChI=1S/C13H18ClFN2O.ClH/c14-10-1-2-11(12(15)9-10)13(3-8-18)17-6-4-16-5-7-17;/h1-2,9,13,16,18H,3-8H2;1H/t13-;/m1./s1. The minimum absolute atomic E-state index is 0. The summed E-state index contributed by atoms with van der Waals surface area (Å²) in [6, 6.07) is 4.69. The maximum absolute atomic E-state index is 14.0. The van der Waals surface area contributed by atoms with Crippen LogP contribution < -0.4 is 5.32 Å². The molecule has 0 spiro atoms. The minimum atomic E-state index is -0.292. The Morgan fingerprint density at radius 3 is 2.63 bits per heavy atom. The first-order valence-corrected chi connectivity index (χ1v) is 6.60. The highest BCUT2D eigenvalue weighted by atomic mass is 35.5. The van der Waals surface area contributed by atoms with Crippen molar-refractivity contribution in [2.24, 2.45) is 0 Å². The maximum Gasteiger partial charge on any atom is 0.129 e. The van der Waals surface area contributed by atoms with E-state index in [0.29, 0.717) is 17.0 Å². The summed E-state index contributed by atoms with van der Waals surface area (Å²) in [5.41, 5.74) is 0.621. The van der Waals surface area contributed by atoms with Gasteiger partial charge < -0.3 is 10.4 Å². The number of rotatable bonds is 4. The fourth-order valence-electron chi connectivity index (χ4n) is 2.42. The summed E-state index contributed by atoms with van der Waals surface area (Å²) >= 11 is 5.77. The molecule has 1 fully saturated rings. The van der Waals surface area contributed by atoms with E-state index >= 15 is 0 Å². The second-order valence-electron chi connectivity index (χ2n) is 4.48. The normalized spacial score (nSPS) is 17.8. The van der Waals surface area contributed by atoms with Crippen LogP contribution in [0.1, 0.15) is 18.0 Å². The lowest BCUT2D eigenvalue weighted by Gasteiger charge is -2.35. The van der Waals surface area contributed by atoms with Crippen LogP contribution in [-0.2, 0) is 0 Å². The zero-order valence-corrected chi connectivity index (χ0v) is 12.2. The molecule has 108 valence electrons. The Morgan fingerprint density at radius 2 is 2.05 bits per heavy atom. The van der Waals surface area contributed by atoms with Crippen LogP contribution in [0.5, 0.6) is 0 Å². The molecule has 1 aliphatic rings. The molecule has 6 heteroatoms. The summed E-state index contributed by atoms with van der Waals surface area (Å²) in [4.78, 5) is 2.21. The first kappa shape index (κ1) is 16.7. The average molecular weight is 309 g/mol. The number of nitrogens with zero attached hydrogens (tertiary/aromatic N) is 1. The summed E-state index contributed by atoms with van der Waals surface area (Å²) in [5.74, 6) is -0.292. The number of aliphatic hydroxyl groups excluding tert-OH is 1. The second-order valence-corrected chi connectivity index (χ2v) is 4.92. The van der Waals surface area contributed by atoms with Gasteiger partial charge in [-0.3, -0.25) is 4.90 Å². The number of halogens is 3. The molecule has 0 saturated carbocycles. The van der Waals surface area contributed by atoms with Crippen LogP contribution in [0.25, 0.3) is 0 Å². The lowest BCUT2D eigenvalue weighted by Crippen LogP contribution is -2.45. The predicted molar refractivity (Wildman–Crippen MR) is 77.5 cm³/mol. The molecule has 2 rings (SSSR count). The molecule has 1 heterocycles. The summed E-state index contributed by atoms with van der Waals surface area (Å²) in [7, 11) is 0. The van der Waals surface area contributed by atoms with Crippen molar-refractivity contribution in [1.82, 2.24) is 10.2 Å². The first-order chi connectivity index (χ1) is 8.72. The van der Waals surface area contributed by atoms with Crippen LogP contribution in [0.4, 0.5) is 4.39 Å². The number of hydrogen-bond acceptors (Lipinski definition) is 3. The fraction of sp³-hybridized carbons (Fsp3) is 0.538. The van der Waals surface area contributed by atoms with Gasteiger partial charge in [0, 0.05) is 49.4 Å². The third-order valence-electron chi connectivity index (χ3n) is 3.32. The largest absolute Gasteiger partial charge is 0.396 e. The summed E-state index contributed by atoms with van der Waals surface area (Å²) in [5, 5.41) is 12.9. The van der Waals surface area contributed by atoms with Crippen molar-refractivity contribution < 1.29 is 9.50 Å². The highest BCUT2D eigenvalue weighted by Crippen LogP contribution is 2.28. The number of aliphatic hydroxyl groups is 1. The van der Waals surface area contributed by atoms with E-state index in [2.05, 4.69) is 10.2 Å². The van der Waals surface area contributed by atoms with E-state index in [4.69, 9.17) is 11.6 Å². The van der Waals surface area contributed by atoms with Gasteiger partial charge in [-0.15, -0.1) is 12.4 Å². The Hall–Kier alpha value is -0.390. The van der Waals surface area contributed by atoms with Crippen molar-refractivity contribution in [3.05, 3.63) is 34.6 Å². The molecule has 0 unspecified atom stereocenters. The van der Waals surface area contributed by atoms with Crippen molar-refractivity contribution in [2.45, 2.75) is 12.5 Å². The zero-order chi connectivity index (χ0) is 13.0. The number of hydrogen-bond donors (Lipinski definition) is 2. The van der Waals surface area contributed by atoms with Crippen molar-refractivity contribution in [2.75, 3.05) is 32.8 Å².